The van der Waals surface area contributed by atoms with Crippen LogP contribution in [0.5, 0.6) is 0 Å². The van der Waals surface area contributed by atoms with Crippen molar-refractivity contribution in [3.8, 4) is 6.07 Å². The van der Waals surface area contributed by atoms with E-state index in [-0.39, 0.29) is 12.7 Å². The molecule has 0 spiro atoms. The van der Waals surface area contributed by atoms with Crippen molar-refractivity contribution in [2.24, 2.45) is 0 Å². The Kier molecular flexibility index (Phi) is 19.1. The van der Waals surface area contributed by atoms with E-state index in [1.54, 1.807) is 18.5 Å². The number of hydrogen-bond acceptors (Lipinski definition) is 4. The maximum Gasteiger partial charge on any atom is 0.101 e. The Labute approximate surface area is 197 Å². The molecule has 1 N–H and O–H groups in total. The van der Waals surface area contributed by atoms with Gasteiger partial charge in [-0.05, 0) is 18.1 Å². The van der Waals surface area contributed by atoms with Gasteiger partial charge in [-0.25, -0.2) is 0 Å². The molecule has 1 aromatic rings. The van der Waals surface area contributed by atoms with Crippen LogP contribution in [0, 0.1) is 11.3 Å². The van der Waals surface area contributed by atoms with Gasteiger partial charge in [-0.15, -0.1) is 0 Å². The van der Waals surface area contributed by atoms with Crippen LogP contribution >= 0.6 is 0 Å². The number of nitrogens with zero attached hydrogens (tertiary/aromatic N) is 2. The summed E-state index contributed by atoms with van der Waals surface area (Å²) in [6.07, 6.45) is 27.3. The Balaban J connectivity index is 1.86. The summed E-state index contributed by atoms with van der Waals surface area (Å²) in [7, 11) is 0. The molecule has 0 radical (unpaired) electrons. The molecule has 0 aliphatic heterocycles. The quantitative estimate of drug-likeness (QED) is 0.185. The topological polar surface area (TPSA) is 66.1 Å². The van der Waals surface area contributed by atoms with Crippen molar-refractivity contribution < 1.29 is 9.84 Å². The highest BCUT2D eigenvalue weighted by atomic mass is 16.5. The van der Waals surface area contributed by atoms with Gasteiger partial charge < -0.3 is 9.84 Å². The number of aliphatic hydroxyl groups is 1. The minimum Gasteiger partial charge on any atom is -0.394 e. The molecular weight excluding hydrogens is 396 g/mol. The Morgan fingerprint density at radius 3 is 1.78 bits per heavy atom. The van der Waals surface area contributed by atoms with Crippen LogP contribution in [0.1, 0.15) is 134 Å². The predicted molar refractivity (Wildman–Crippen MR) is 133 cm³/mol. The molecule has 1 heterocycles. The lowest BCUT2D eigenvalue weighted by molar-refractivity contribution is -0.00359. The van der Waals surface area contributed by atoms with E-state index in [2.05, 4.69) is 18.0 Å². The molecule has 0 aromatic carbocycles. The van der Waals surface area contributed by atoms with E-state index < -0.39 is 0 Å². The van der Waals surface area contributed by atoms with Gasteiger partial charge in [-0.3, -0.25) is 4.98 Å². The predicted octanol–water partition coefficient (Wildman–Crippen LogP) is 7.87. The maximum atomic E-state index is 9.55. The summed E-state index contributed by atoms with van der Waals surface area (Å²) in [5.41, 5.74) is 1.42. The summed E-state index contributed by atoms with van der Waals surface area (Å²) in [5.74, 6) is 0. The summed E-state index contributed by atoms with van der Waals surface area (Å²) >= 11 is 0. The van der Waals surface area contributed by atoms with Gasteiger partial charge in [-0.1, -0.05) is 116 Å². The van der Waals surface area contributed by atoms with Crippen molar-refractivity contribution in [2.45, 2.75) is 135 Å². The number of hydrogen-bond donors (Lipinski definition) is 1. The first kappa shape index (κ1) is 28.6. The average Bonchev–Trinajstić information content (AvgIpc) is 2.83. The van der Waals surface area contributed by atoms with Crippen molar-refractivity contribution in [1.29, 1.82) is 5.26 Å². The fraction of sp³-hybridized carbons (Fsp3) is 0.786. The second-order valence-electron chi connectivity index (χ2n) is 9.25. The largest absolute Gasteiger partial charge is 0.394 e. The van der Waals surface area contributed by atoms with Crippen LogP contribution in [0.15, 0.2) is 18.5 Å². The molecule has 32 heavy (non-hydrogen) atoms. The number of rotatable bonds is 22. The van der Waals surface area contributed by atoms with E-state index in [4.69, 9.17) is 10.00 Å². The lowest BCUT2D eigenvalue weighted by Crippen LogP contribution is -2.17. The highest BCUT2D eigenvalue weighted by molar-refractivity contribution is 5.28. The summed E-state index contributed by atoms with van der Waals surface area (Å²) in [6.45, 7) is 2.72. The molecule has 0 saturated carbocycles. The normalized spacial score (nSPS) is 12.0. The number of aliphatic hydroxyl groups excluding tert-OH is 1. The highest BCUT2D eigenvalue weighted by Crippen LogP contribution is 2.15. The molecule has 1 atom stereocenters. The molecule has 1 rings (SSSR count). The number of aromatic nitrogens is 1. The summed E-state index contributed by atoms with van der Waals surface area (Å²) in [4.78, 5) is 4.04. The van der Waals surface area contributed by atoms with Crippen molar-refractivity contribution in [3.05, 3.63) is 29.6 Å². The van der Waals surface area contributed by atoms with Crippen molar-refractivity contribution in [3.63, 3.8) is 0 Å². The zero-order valence-corrected chi connectivity index (χ0v) is 20.7. The molecule has 182 valence electrons. The third kappa shape index (κ3) is 16.2. The monoisotopic (exact) mass is 444 g/mol. The standard InChI is InChI=1S/C28H48N2O2/c1-2-3-4-5-6-7-8-9-10-11-12-13-14-15-16-17-18-19-28(24-31)32-25-27-20-26(21-29)22-30-23-27/h20,22-23,28,31H,2-19,24-25H2,1H3/t28-/m0/s1. The molecule has 0 unspecified atom stereocenters. The zero-order chi connectivity index (χ0) is 23.1. The first-order valence-corrected chi connectivity index (χ1v) is 13.4. The van der Waals surface area contributed by atoms with Crippen LogP contribution in [0.25, 0.3) is 0 Å². The first-order valence-electron chi connectivity index (χ1n) is 13.4. The Morgan fingerprint density at radius 2 is 1.31 bits per heavy atom. The minimum absolute atomic E-state index is 0.0459. The molecule has 0 fully saturated rings. The van der Waals surface area contributed by atoms with E-state index >= 15 is 0 Å². The third-order valence-corrected chi connectivity index (χ3v) is 6.24. The highest BCUT2D eigenvalue weighted by Gasteiger charge is 2.08. The maximum absolute atomic E-state index is 9.55. The van der Waals surface area contributed by atoms with Crippen LogP contribution in [0.3, 0.4) is 0 Å². The van der Waals surface area contributed by atoms with Crippen LogP contribution in [-0.2, 0) is 11.3 Å². The molecule has 1 aromatic heterocycles. The number of unbranched alkanes of at least 4 members (excludes halogenated alkanes) is 16. The van der Waals surface area contributed by atoms with Crippen LogP contribution < -0.4 is 0 Å². The summed E-state index contributed by atoms with van der Waals surface area (Å²) in [6, 6.07) is 3.88. The molecular formula is C28H48N2O2. The van der Waals surface area contributed by atoms with Crippen LogP contribution in [-0.4, -0.2) is 22.8 Å². The van der Waals surface area contributed by atoms with Gasteiger partial charge >= 0.3 is 0 Å². The van der Waals surface area contributed by atoms with Crippen LogP contribution in [0.2, 0.25) is 0 Å². The fourth-order valence-corrected chi connectivity index (χ4v) is 4.17. The molecule has 4 heteroatoms. The average molecular weight is 445 g/mol. The van der Waals surface area contributed by atoms with E-state index in [0.29, 0.717) is 12.2 Å². The van der Waals surface area contributed by atoms with Gasteiger partial charge in [0.1, 0.15) is 6.07 Å². The van der Waals surface area contributed by atoms with Gasteiger partial charge in [0.25, 0.3) is 0 Å². The minimum atomic E-state index is -0.128. The lowest BCUT2D eigenvalue weighted by atomic mass is 10.0. The van der Waals surface area contributed by atoms with Crippen molar-refractivity contribution >= 4 is 0 Å². The van der Waals surface area contributed by atoms with Crippen molar-refractivity contribution in [1.82, 2.24) is 4.98 Å². The molecule has 0 saturated heterocycles. The third-order valence-electron chi connectivity index (χ3n) is 6.24. The molecule has 0 amide bonds. The molecule has 4 nitrogen and oxygen atoms in total. The number of pyridine rings is 1. The number of nitriles is 1. The second-order valence-corrected chi connectivity index (χ2v) is 9.25. The van der Waals surface area contributed by atoms with Gasteiger partial charge in [0.15, 0.2) is 0 Å². The molecule has 0 bridgehead atoms. The van der Waals surface area contributed by atoms with Crippen molar-refractivity contribution in [2.75, 3.05) is 6.61 Å². The van der Waals surface area contributed by atoms with Gasteiger partial charge in [-0.2, -0.15) is 5.26 Å². The Hall–Kier alpha value is -1.44. The van der Waals surface area contributed by atoms with E-state index in [9.17, 15) is 5.11 Å². The Morgan fingerprint density at radius 1 is 0.812 bits per heavy atom. The van der Waals surface area contributed by atoms with E-state index in [0.717, 1.165) is 18.4 Å². The van der Waals surface area contributed by atoms with Crippen LogP contribution in [0.4, 0.5) is 0 Å². The fourth-order valence-electron chi connectivity index (χ4n) is 4.17. The van der Waals surface area contributed by atoms with E-state index in [1.165, 1.54) is 103 Å². The van der Waals surface area contributed by atoms with Gasteiger partial charge in [0.2, 0.25) is 0 Å². The lowest BCUT2D eigenvalue weighted by Gasteiger charge is -2.15. The molecule has 0 aliphatic rings. The Bertz CT molecular complexity index is 585. The van der Waals surface area contributed by atoms with Gasteiger partial charge in [0.05, 0.1) is 24.9 Å². The SMILES string of the molecule is CCCCCCCCCCCCCCCCCCC[C@@H](CO)OCc1cncc(C#N)c1. The van der Waals surface area contributed by atoms with E-state index in [1.807, 2.05) is 0 Å². The number of ether oxygens (including phenoxy) is 1. The second kappa shape index (κ2) is 21.4. The molecule has 0 aliphatic carbocycles. The zero-order valence-electron chi connectivity index (χ0n) is 20.7. The smallest absolute Gasteiger partial charge is 0.101 e. The first-order chi connectivity index (χ1) is 15.8. The van der Waals surface area contributed by atoms with Gasteiger partial charge in [0, 0.05) is 12.4 Å². The summed E-state index contributed by atoms with van der Waals surface area (Å²) in [5, 5.41) is 18.5. The summed E-state index contributed by atoms with van der Waals surface area (Å²) < 4.78 is 5.81.